The number of nitrogens with zero attached hydrogens (tertiary/aromatic N) is 1. The van der Waals surface area contributed by atoms with Gasteiger partial charge in [-0.2, -0.15) is 18.4 Å². The van der Waals surface area contributed by atoms with Gasteiger partial charge in [0.05, 0.1) is 18.1 Å². The molecular formula is C11H9F3N2O. The van der Waals surface area contributed by atoms with E-state index in [1.54, 1.807) is 0 Å². The molecule has 6 heteroatoms. The van der Waals surface area contributed by atoms with Gasteiger partial charge in [-0.15, -0.1) is 0 Å². The van der Waals surface area contributed by atoms with Crippen LogP contribution in [0.5, 0.6) is 0 Å². The Morgan fingerprint density at radius 2 is 2.12 bits per heavy atom. The van der Waals surface area contributed by atoms with Gasteiger partial charge in [0, 0.05) is 12.1 Å². The van der Waals surface area contributed by atoms with Gasteiger partial charge in [0.2, 0.25) is 0 Å². The number of halogens is 3. The standard InChI is InChI=1S/C11H9F3N2O/c12-11(13,14)4-5-16-10(17)9-3-1-2-8(6-9)7-15/h1-3,6H,4-5H2,(H,16,17). The molecule has 1 aromatic rings. The zero-order valence-electron chi connectivity index (χ0n) is 8.71. The van der Waals surface area contributed by atoms with Crippen LogP contribution < -0.4 is 5.32 Å². The van der Waals surface area contributed by atoms with E-state index in [0.29, 0.717) is 0 Å². The highest BCUT2D eigenvalue weighted by Crippen LogP contribution is 2.18. The highest BCUT2D eigenvalue weighted by atomic mass is 19.4. The normalized spacial score (nSPS) is 10.7. The Morgan fingerprint density at radius 3 is 2.71 bits per heavy atom. The van der Waals surface area contributed by atoms with E-state index < -0.39 is 25.0 Å². The molecule has 0 aliphatic heterocycles. The number of nitrogens with one attached hydrogen (secondary N) is 1. The molecule has 0 bridgehead atoms. The number of alkyl halides is 3. The minimum atomic E-state index is -4.29. The van der Waals surface area contributed by atoms with Gasteiger partial charge in [0.1, 0.15) is 0 Å². The molecule has 0 saturated carbocycles. The van der Waals surface area contributed by atoms with E-state index in [1.165, 1.54) is 24.3 Å². The second-order valence-electron chi connectivity index (χ2n) is 3.31. The zero-order valence-corrected chi connectivity index (χ0v) is 8.71. The first-order chi connectivity index (χ1) is 7.92. The smallest absolute Gasteiger partial charge is 0.352 e. The Kier molecular flexibility index (Phi) is 4.10. The van der Waals surface area contributed by atoms with Crippen molar-refractivity contribution in [3.8, 4) is 6.07 Å². The molecule has 90 valence electrons. The van der Waals surface area contributed by atoms with Crippen molar-refractivity contribution in [3.05, 3.63) is 35.4 Å². The van der Waals surface area contributed by atoms with E-state index in [2.05, 4.69) is 5.32 Å². The van der Waals surface area contributed by atoms with E-state index >= 15 is 0 Å². The Hall–Kier alpha value is -2.03. The molecule has 1 N–H and O–H groups in total. The summed E-state index contributed by atoms with van der Waals surface area (Å²) in [5, 5.41) is 10.7. The van der Waals surface area contributed by atoms with Crippen molar-refractivity contribution in [2.24, 2.45) is 0 Å². The largest absolute Gasteiger partial charge is 0.390 e. The average Bonchev–Trinajstić information content (AvgIpc) is 2.27. The number of nitriles is 1. The topological polar surface area (TPSA) is 52.9 Å². The molecule has 1 aromatic carbocycles. The lowest BCUT2D eigenvalue weighted by Gasteiger charge is -2.07. The molecule has 0 heterocycles. The van der Waals surface area contributed by atoms with Crippen molar-refractivity contribution in [1.29, 1.82) is 5.26 Å². The van der Waals surface area contributed by atoms with Crippen LogP contribution in [0.4, 0.5) is 13.2 Å². The molecule has 0 spiro atoms. The Bertz CT molecular complexity index is 449. The third kappa shape index (κ3) is 4.55. The first-order valence-electron chi connectivity index (χ1n) is 4.77. The van der Waals surface area contributed by atoms with Crippen molar-refractivity contribution < 1.29 is 18.0 Å². The third-order valence-corrected chi connectivity index (χ3v) is 1.95. The van der Waals surface area contributed by atoms with Crippen LogP contribution in [0, 0.1) is 11.3 Å². The van der Waals surface area contributed by atoms with Crippen LogP contribution in [0.2, 0.25) is 0 Å². The summed E-state index contributed by atoms with van der Waals surface area (Å²) in [7, 11) is 0. The van der Waals surface area contributed by atoms with Gasteiger partial charge in [0.25, 0.3) is 5.91 Å². The van der Waals surface area contributed by atoms with Gasteiger partial charge in [0.15, 0.2) is 0 Å². The Labute approximate surface area is 95.9 Å². The first kappa shape index (κ1) is 13.0. The fourth-order valence-corrected chi connectivity index (χ4v) is 1.15. The third-order valence-electron chi connectivity index (χ3n) is 1.95. The van der Waals surface area contributed by atoms with E-state index in [0.717, 1.165) is 0 Å². The van der Waals surface area contributed by atoms with Crippen LogP contribution >= 0.6 is 0 Å². The molecule has 0 aliphatic carbocycles. The first-order valence-corrected chi connectivity index (χ1v) is 4.77. The van der Waals surface area contributed by atoms with E-state index in [-0.39, 0.29) is 11.1 Å². The fourth-order valence-electron chi connectivity index (χ4n) is 1.15. The second-order valence-corrected chi connectivity index (χ2v) is 3.31. The second kappa shape index (κ2) is 5.34. The number of benzene rings is 1. The summed E-state index contributed by atoms with van der Waals surface area (Å²) >= 11 is 0. The number of amides is 1. The molecule has 1 rings (SSSR count). The number of rotatable bonds is 3. The molecule has 0 atom stereocenters. The van der Waals surface area contributed by atoms with Crippen LogP contribution in [0.15, 0.2) is 24.3 Å². The van der Waals surface area contributed by atoms with Crippen molar-refractivity contribution in [2.75, 3.05) is 6.54 Å². The lowest BCUT2D eigenvalue weighted by Crippen LogP contribution is -2.27. The summed E-state index contributed by atoms with van der Waals surface area (Å²) in [6.45, 7) is -0.473. The summed E-state index contributed by atoms with van der Waals surface area (Å²) in [5.41, 5.74) is 0.458. The minimum absolute atomic E-state index is 0.172. The highest BCUT2D eigenvalue weighted by Gasteiger charge is 2.26. The zero-order chi connectivity index (χ0) is 12.9. The molecular weight excluding hydrogens is 233 g/mol. The van der Waals surface area contributed by atoms with Gasteiger partial charge in [-0.3, -0.25) is 4.79 Å². The summed E-state index contributed by atoms with van der Waals surface area (Å²) < 4.78 is 35.5. The summed E-state index contributed by atoms with van der Waals surface area (Å²) in [6.07, 6.45) is -5.36. The van der Waals surface area contributed by atoms with E-state index in [1.807, 2.05) is 6.07 Å². The lowest BCUT2D eigenvalue weighted by molar-refractivity contribution is -0.132. The monoisotopic (exact) mass is 242 g/mol. The molecule has 17 heavy (non-hydrogen) atoms. The lowest BCUT2D eigenvalue weighted by atomic mass is 10.1. The van der Waals surface area contributed by atoms with Crippen LogP contribution in [0.1, 0.15) is 22.3 Å². The molecule has 1 amide bonds. The number of hydrogen-bond donors (Lipinski definition) is 1. The predicted molar refractivity (Wildman–Crippen MR) is 54.2 cm³/mol. The van der Waals surface area contributed by atoms with Crippen molar-refractivity contribution >= 4 is 5.91 Å². The van der Waals surface area contributed by atoms with Gasteiger partial charge in [-0.05, 0) is 18.2 Å². The molecule has 0 aromatic heterocycles. The van der Waals surface area contributed by atoms with Gasteiger partial charge >= 0.3 is 6.18 Å². The molecule has 0 aliphatic rings. The number of carbonyl (C=O) groups is 1. The maximum Gasteiger partial charge on any atom is 0.390 e. The van der Waals surface area contributed by atoms with Crippen LogP contribution in [0.25, 0.3) is 0 Å². The van der Waals surface area contributed by atoms with Gasteiger partial charge in [-0.25, -0.2) is 0 Å². The molecule has 0 fully saturated rings. The van der Waals surface area contributed by atoms with Crippen LogP contribution in [0.3, 0.4) is 0 Å². The number of carbonyl (C=O) groups excluding carboxylic acids is 1. The minimum Gasteiger partial charge on any atom is -0.352 e. The average molecular weight is 242 g/mol. The molecule has 3 nitrogen and oxygen atoms in total. The quantitative estimate of drug-likeness (QED) is 0.883. The van der Waals surface area contributed by atoms with Crippen LogP contribution in [-0.4, -0.2) is 18.6 Å². The van der Waals surface area contributed by atoms with E-state index in [9.17, 15) is 18.0 Å². The summed E-state index contributed by atoms with van der Waals surface area (Å²) in [5.74, 6) is -0.619. The Balaban J connectivity index is 2.56. The Morgan fingerprint density at radius 1 is 1.41 bits per heavy atom. The van der Waals surface area contributed by atoms with Crippen molar-refractivity contribution in [1.82, 2.24) is 5.32 Å². The summed E-state index contributed by atoms with van der Waals surface area (Å²) in [4.78, 5) is 11.4. The predicted octanol–water partition coefficient (Wildman–Crippen LogP) is 2.24. The summed E-state index contributed by atoms with van der Waals surface area (Å²) in [6, 6.07) is 7.60. The fraction of sp³-hybridized carbons (Fsp3) is 0.273. The molecule has 0 unspecified atom stereocenters. The molecule has 0 saturated heterocycles. The van der Waals surface area contributed by atoms with E-state index in [4.69, 9.17) is 5.26 Å². The van der Waals surface area contributed by atoms with Crippen LogP contribution in [-0.2, 0) is 0 Å². The maximum atomic E-state index is 11.8. The number of hydrogen-bond acceptors (Lipinski definition) is 2. The SMILES string of the molecule is N#Cc1cccc(C(=O)NCCC(F)(F)F)c1. The van der Waals surface area contributed by atoms with Gasteiger partial charge < -0.3 is 5.32 Å². The highest BCUT2D eigenvalue weighted by molar-refractivity contribution is 5.94. The maximum absolute atomic E-state index is 11.8. The van der Waals surface area contributed by atoms with Crippen molar-refractivity contribution in [2.45, 2.75) is 12.6 Å². The van der Waals surface area contributed by atoms with Gasteiger partial charge in [-0.1, -0.05) is 6.07 Å². The van der Waals surface area contributed by atoms with Crippen molar-refractivity contribution in [3.63, 3.8) is 0 Å². The molecule has 0 radical (unpaired) electrons.